The lowest BCUT2D eigenvalue weighted by Gasteiger charge is -2.22. The highest BCUT2D eigenvalue weighted by Crippen LogP contribution is 2.22. The van der Waals surface area contributed by atoms with Gasteiger partial charge in [-0.1, -0.05) is 36.4 Å². The summed E-state index contributed by atoms with van der Waals surface area (Å²) in [6, 6.07) is 18.6. The van der Waals surface area contributed by atoms with Crippen LogP contribution in [0.2, 0.25) is 0 Å². The van der Waals surface area contributed by atoms with Crippen LogP contribution in [0.3, 0.4) is 0 Å². The summed E-state index contributed by atoms with van der Waals surface area (Å²) >= 11 is 0. The summed E-state index contributed by atoms with van der Waals surface area (Å²) < 4.78 is 5.25. The van der Waals surface area contributed by atoms with Gasteiger partial charge in [-0.3, -0.25) is 19.8 Å². The molecule has 0 aliphatic carbocycles. The van der Waals surface area contributed by atoms with E-state index in [0.717, 1.165) is 22.1 Å². The molecule has 0 atom stereocenters. The van der Waals surface area contributed by atoms with Gasteiger partial charge in [0, 0.05) is 31.8 Å². The molecule has 0 N–H and O–H groups in total. The second-order valence-electron chi connectivity index (χ2n) is 7.36. The molecule has 0 unspecified atom stereocenters. The first-order valence-electron chi connectivity index (χ1n) is 9.59. The Bertz CT molecular complexity index is 1070. The minimum atomic E-state index is -0.396. The Morgan fingerprint density at radius 3 is 2.43 bits per heavy atom. The highest BCUT2D eigenvalue weighted by molar-refractivity contribution is 5.84. The van der Waals surface area contributed by atoms with Crippen molar-refractivity contribution in [3.63, 3.8) is 0 Å². The van der Waals surface area contributed by atoms with Crippen LogP contribution in [0.5, 0.6) is 5.75 Å². The van der Waals surface area contributed by atoms with E-state index >= 15 is 0 Å². The number of carbonyl (C=O) groups is 1. The number of nitro benzene ring substituents is 1. The summed E-state index contributed by atoms with van der Waals surface area (Å²) in [4.78, 5) is 26.9. The summed E-state index contributed by atoms with van der Waals surface area (Å²) in [6.45, 7) is 0.988. The Morgan fingerprint density at radius 2 is 1.70 bits per heavy atom. The van der Waals surface area contributed by atoms with Gasteiger partial charge in [-0.2, -0.15) is 0 Å². The molecule has 156 valence electrons. The van der Waals surface area contributed by atoms with Crippen LogP contribution in [0.15, 0.2) is 60.7 Å². The zero-order valence-electron chi connectivity index (χ0n) is 17.4. The molecule has 0 bridgehead atoms. The predicted molar refractivity (Wildman–Crippen MR) is 116 cm³/mol. The summed E-state index contributed by atoms with van der Waals surface area (Å²) in [5, 5.41) is 13.3. The topological polar surface area (TPSA) is 75.9 Å². The zero-order chi connectivity index (χ0) is 21.7. The van der Waals surface area contributed by atoms with Crippen molar-refractivity contribution >= 4 is 22.4 Å². The van der Waals surface area contributed by atoms with Crippen LogP contribution in [0.1, 0.15) is 11.1 Å². The molecule has 0 fully saturated rings. The molecule has 0 radical (unpaired) electrons. The third kappa shape index (κ3) is 5.12. The molecule has 3 rings (SSSR count). The molecule has 30 heavy (non-hydrogen) atoms. The molecule has 0 aromatic heterocycles. The van der Waals surface area contributed by atoms with Gasteiger partial charge in [-0.15, -0.1) is 0 Å². The van der Waals surface area contributed by atoms with Crippen LogP contribution in [0.25, 0.3) is 10.8 Å². The molecule has 3 aromatic carbocycles. The number of rotatable bonds is 8. The third-order valence-corrected chi connectivity index (χ3v) is 4.99. The minimum Gasteiger partial charge on any atom is -0.497 e. The number of nitro groups is 1. The molecule has 7 heteroatoms. The van der Waals surface area contributed by atoms with Gasteiger partial charge >= 0.3 is 0 Å². The number of amides is 1. The number of carbonyl (C=O) groups excluding carboxylic acids is 1. The average Bonchev–Trinajstić information content (AvgIpc) is 2.73. The molecule has 3 aromatic rings. The highest BCUT2D eigenvalue weighted by Gasteiger charge is 2.17. The van der Waals surface area contributed by atoms with Gasteiger partial charge in [0.15, 0.2) is 0 Å². The second kappa shape index (κ2) is 9.37. The number of fused-ring (bicyclic) bond motifs is 1. The summed E-state index contributed by atoms with van der Waals surface area (Å²) in [7, 11) is 5.19. The van der Waals surface area contributed by atoms with Gasteiger partial charge < -0.3 is 9.64 Å². The maximum Gasteiger partial charge on any atom is 0.273 e. The average molecular weight is 407 g/mol. The van der Waals surface area contributed by atoms with Gasteiger partial charge in [0.25, 0.3) is 5.69 Å². The van der Waals surface area contributed by atoms with Gasteiger partial charge in [0.2, 0.25) is 5.91 Å². The fraction of sp³-hybridized carbons (Fsp3) is 0.261. The van der Waals surface area contributed by atoms with Crippen molar-refractivity contribution in [2.45, 2.75) is 13.1 Å². The Balaban J connectivity index is 1.62. The van der Waals surface area contributed by atoms with Gasteiger partial charge in [0.1, 0.15) is 5.75 Å². The van der Waals surface area contributed by atoms with E-state index < -0.39 is 4.92 Å². The molecule has 0 saturated heterocycles. The molecule has 0 heterocycles. The van der Waals surface area contributed by atoms with Crippen molar-refractivity contribution in [2.24, 2.45) is 0 Å². The lowest BCUT2D eigenvalue weighted by Crippen LogP contribution is -2.36. The number of likely N-dealkylation sites (N-methyl/N-ethyl adjacent to an activating group) is 2. The SMILES string of the molecule is COc1ccc2cc(CN(C)C(=O)CN(C)Cc3ccccc3[N+](=O)[O-])ccc2c1. The van der Waals surface area contributed by atoms with Crippen molar-refractivity contribution in [2.75, 3.05) is 27.7 Å². The van der Waals surface area contributed by atoms with E-state index in [1.165, 1.54) is 6.07 Å². The minimum absolute atomic E-state index is 0.0501. The molecule has 0 saturated carbocycles. The van der Waals surface area contributed by atoms with Crippen molar-refractivity contribution in [3.05, 3.63) is 81.9 Å². The Labute approximate surface area is 175 Å². The standard InChI is InChI=1S/C23H25N3O4/c1-24(15-20-6-4-5-7-22(20)26(28)29)16-23(27)25(2)14-17-8-9-19-13-21(30-3)11-10-18(19)12-17/h4-13H,14-16H2,1-3H3. The van der Waals surface area contributed by atoms with Crippen molar-refractivity contribution in [1.82, 2.24) is 9.80 Å². The summed E-state index contributed by atoms with van der Waals surface area (Å²) in [6.07, 6.45) is 0. The van der Waals surface area contributed by atoms with E-state index in [-0.39, 0.29) is 18.1 Å². The lowest BCUT2D eigenvalue weighted by molar-refractivity contribution is -0.385. The van der Waals surface area contributed by atoms with E-state index in [0.29, 0.717) is 18.7 Å². The monoisotopic (exact) mass is 407 g/mol. The predicted octanol–water partition coefficient (Wildman–Crippen LogP) is 3.85. The fourth-order valence-corrected chi connectivity index (χ4v) is 3.38. The van der Waals surface area contributed by atoms with E-state index in [9.17, 15) is 14.9 Å². The maximum absolute atomic E-state index is 12.6. The number of hydrogen-bond donors (Lipinski definition) is 0. The smallest absolute Gasteiger partial charge is 0.273 e. The van der Waals surface area contributed by atoms with Crippen LogP contribution in [-0.4, -0.2) is 48.4 Å². The van der Waals surface area contributed by atoms with E-state index in [1.54, 1.807) is 49.2 Å². The van der Waals surface area contributed by atoms with Crippen LogP contribution in [0.4, 0.5) is 5.69 Å². The molecule has 0 aliphatic heterocycles. The first kappa shape index (κ1) is 21.3. The lowest BCUT2D eigenvalue weighted by atomic mass is 10.1. The quantitative estimate of drug-likeness (QED) is 0.419. The van der Waals surface area contributed by atoms with Crippen LogP contribution in [0, 0.1) is 10.1 Å². The van der Waals surface area contributed by atoms with Crippen molar-refractivity contribution < 1.29 is 14.5 Å². The Kier molecular flexibility index (Phi) is 6.64. The molecule has 0 spiro atoms. The van der Waals surface area contributed by atoms with Crippen LogP contribution >= 0.6 is 0 Å². The highest BCUT2D eigenvalue weighted by atomic mass is 16.6. The van der Waals surface area contributed by atoms with Crippen LogP contribution < -0.4 is 4.74 Å². The summed E-state index contributed by atoms with van der Waals surface area (Å²) in [5.41, 5.74) is 1.69. The molecular formula is C23H25N3O4. The van der Waals surface area contributed by atoms with Gasteiger partial charge in [-0.25, -0.2) is 0 Å². The zero-order valence-corrected chi connectivity index (χ0v) is 17.4. The van der Waals surface area contributed by atoms with E-state index in [2.05, 4.69) is 6.07 Å². The van der Waals surface area contributed by atoms with E-state index in [4.69, 9.17) is 4.74 Å². The first-order chi connectivity index (χ1) is 14.4. The number of nitrogens with zero attached hydrogens (tertiary/aromatic N) is 3. The van der Waals surface area contributed by atoms with Crippen molar-refractivity contribution in [1.29, 1.82) is 0 Å². The normalized spacial score (nSPS) is 10.9. The number of ether oxygens (including phenoxy) is 1. The van der Waals surface area contributed by atoms with Crippen molar-refractivity contribution in [3.8, 4) is 5.75 Å². The number of methoxy groups -OCH3 is 1. The molecule has 7 nitrogen and oxygen atoms in total. The second-order valence-corrected chi connectivity index (χ2v) is 7.36. The first-order valence-corrected chi connectivity index (χ1v) is 9.59. The Morgan fingerprint density at radius 1 is 1.00 bits per heavy atom. The fourth-order valence-electron chi connectivity index (χ4n) is 3.38. The summed E-state index contributed by atoms with van der Waals surface area (Å²) in [5.74, 6) is 0.759. The number of hydrogen-bond acceptors (Lipinski definition) is 5. The number of para-hydroxylation sites is 1. The Hall–Kier alpha value is -3.45. The third-order valence-electron chi connectivity index (χ3n) is 4.99. The van der Waals surface area contributed by atoms with Crippen LogP contribution in [-0.2, 0) is 17.9 Å². The van der Waals surface area contributed by atoms with E-state index in [1.807, 2.05) is 30.3 Å². The molecule has 1 amide bonds. The largest absolute Gasteiger partial charge is 0.497 e. The molecule has 0 aliphatic rings. The van der Waals surface area contributed by atoms with Gasteiger partial charge in [0.05, 0.1) is 18.6 Å². The maximum atomic E-state index is 12.6. The van der Waals surface area contributed by atoms with Gasteiger partial charge in [-0.05, 0) is 41.6 Å². The molecular weight excluding hydrogens is 382 g/mol. The number of benzene rings is 3.